The Kier molecular flexibility index (Phi) is 8.87. The molecule has 1 unspecified atom stereocenters. The smallest absolute Gasteiger partial charge is 0.208 e. The van der Waals surface area contributed by atoms with Crippen LogP contribution in [0.4, 0.5) is 0 Å². The summed E-state index contributed by atoms with van der Waals surface area (Å²) >= 11 is 0. The zero-order valence-electron chi connectivity index (χ0n) is 23.0. The number of aryl methyl sites for hydroxylation is 1. The quantitative estimate of drug-likeness (QED) is 0.328. The predicted molar refractivity (Wildman–Crippen MR) is 154 cm³/mol. The van der Waals surface area contributed by atoms with E-state index < -0.39 is 25.1 Å². The molecule has 2 heterocycles. The third-order valence-electron chi connectivity index (χ3n) is 8.39. The molecule has 6 nitrogen and oxygen atoms in total. The molecule has 1 aromatic carbocycles. The Hall–Kier alpha value is -2.00. The van der Waals surface area contributed by atoms with Crippen molar-refractivity contribution in [1.82, 2.24) is 0 Å². The Balaban J connectivity index is 1.79. The number of quaternary nitrogens is 2. The Morgan fingerprint density at radius 1 is 0.632 bits per heavy atom. The Labute approximate surface area is 228 Å². The van der Waals surface area contributed by atoms with E-state index in [1.54, 1.807) is 13.0 Å². The Morgan fingerprint density at radius 3 is 1.66 bits per heavy atom. The molecule has 3 aliphatic rings. The van der Waals surface area contributed by atoms with E-state index in [0.29, 0.717) is 11.1 Å². The van der Waals surface area contributed by atoms with Gasteiger partial charge in [0, 0.05) is 10.3 Å². The summed E-state index contributed by atoms with van der Waals surface area (Å²) in [7, 11) is -7.81. The lowest BCUT2D eigenvalue weighted by molar-refractivity contribution is -0.368. The number of hydrogen-bond acceptors (Lipinski definition) is 4. The van der Waals surface area contributed by atoms with Gasteiger partial charge in [0.05, 0.1) is 27.8 Å². The van der Waals surface area contributed by atoms with Crippen molar-refractivity contribution in [3.8, 4) is 0 Å². The van der Waals surface area contributed by atoms with Gasteiger partial charge in [-0.15, -0.1) is 0 Å². The molecule has 0 aromatic heterocycles. The zero-order valence-corrected chi connectivity index (χ0v) is 24.7. The first-order valence-electron chi connectivity index (χ1n) is 14.2. The lowest BCUT2D eigenvalue weighted by Crippen LogP contribution is -2.50. The summed E-state index contributed by atoms with van der Waals surface area (Å²) in [5.74, 6) is 0. The van der Waals surface area contributed by atoms with Gasteiger partial charge in [-0.3, -0.25) is 0 Å². The molecule has 1 atom stereocenters. The van der Waals surface area contributed by atoms with Crippen molar-refractivity contribution >= 4 is 24.6 Å². The van der Waals surface area contributed by atoms with Gasteiger partial charge in [-0.2, -0.15) is 0 Å². The first kappa shape index (κ1) is 29.0. The first-order valence-corrected chi connectivity index (χ1v) is 17.1. The van der Waals surface area contributed by atoms with Gasteiger partial charge in [0.15, 0.2) is 0 Å². The highest BCUT2D eigenvalue weighted by molar-refractivity contribution is 8.07. The summed E-state index contributed by atoms with van der Waals surface area (Å²) in [4.78, 5) is 0.583. The monoisotopic (exact) mass is 560 g/mol. The molecule has 0 fully saturated rings. The minimum atomic E-state index is -3.98. The molecular formula is C30H44N2O4S2+2. The van der Waals surface area contributed by atoms with E-state index in [9.17, 15) is 16.8 Å². The predicted octanol–water partition coefficient (Wildman–Crippen LogP) is 4.38. The number of benzene rings is 1. The minimum absolute atomic E-state index is 0.0472. The van der Waals surface area contributed by atoms with Crippen LogP contribution in [0.25, 0.3) is 4.91 Å². The van der Waals surface area contributed by atoms with E-state index >= 15 is 0 Å². The van der Waals surface area contributed by atoms with Gasteiger partial charge in [-0.1, -0.05) is 61.9 Å². The summed E-state index contributed by atoms with van der Waals surface area (Å²) in [5.41, 5.74) is 10.4. The van der Waals surface area contributed by atoms with Crippen LogP contribution in [0.15, 0.2) is 62.3 Å². The van der Waals surface area contributed by atoms with Gasteiger partial charge in [0.1, 0.15) is 0 Å². The minimum Gasteiger partial charge on any atom is -0.358 e. The van der Waals surface area contributed by atoms with Crippen LogP contribution >= 0.6 is 0 Å². The number of sulfone groups is 2. The average molecular weight is 561 g/mol. The molecule has 0 amide bonds. The molecule has 0 saturated heterocycles. The van der Waals surface area contributed by atoms with Gasteiger partial charge in [-0.05, 0) is 81.2 Å². The van der Waals surface area contributed by atoms with Gasteiger partial charge < -0.3 is 11.5 Å². The molecule has 1 aliphatic carbocycles. The van der Waals surface area contributed by atoms with Crippen LogP contribution in [-0.4, -0.2) is 29.9 Å². The molecule has 6 N–H and O–H groups in total. The van der Waals surface area contributed by atoms with Crippen LogP contribution in [0.3, 0.4) is 0 Å². The third-order valence-corrected chi connectivity index (χ3v) is 12.3. The molecule has 0 saturated carbocycles. The third kappa shape index (κ3) is 5.12. The van der Waals surface area contributed by atoms with Crippen LogP contribution in [-0.2, 0) is 19.7 Å². The number of unbranched alkanes of at least 4 members (excludes halogenated alkanes) is 7. The SMILES string of the molecule is CC1=CC2=C(C3=C(C=C(c4ccc(C)cc4)S3(=O)=O)C2(CCCCCC[NH3+])CCCCCCC[NH3+])S1(=O)=O. The maximum absolute atomic E-state index is 14.1. The van der Waals surface area contributed by atoms with E-state index in [-0.39, 0.29) is 19.6 Å². The number of fused-ring (bicyclic) bond motifs is 1. The summed E-state index contributed by atoms with van der Waals surface area (Å²) in [6.45, 7) is 5.41. The van der Waals surface area contributed by atoms with Crippen LogP contribution in [0.1, 0.15) is 88.7 Å². The highest BCUT2D eigenvalue weighted by atomic mass is 32.2. The normalized spacial score (nSPS) is 23.1. The van der Waals surface area contributed by atoms with Gasteiger partial charge in [0.25, 0.3) is 0 Å². The molecule has 8 heteroatoms. The van der Waals surface area contributed by atoms with Gasteiger partial charge >= 0.3 is 0 Å². The second-order valence-electron chi connectivity index (χ2n) is 11.1. The largest absolute Gasteiger partial charge is 0.358 e. The maximum Gasteiger partial charge on any atom is 0.208 e. The molecule has 2 aliphatic heterocycles. The molecule has 38 heavy (non-hydrogen) atoms. The fraction of sp³-hybridized carbons (Fsp3) is 0.533. The molecule has 208 valence electrons. The Bertz CT molecular complexity index is 1400. The molecule has 1 aromatic rings. The van der Waals surface area contributed by atoms with Crippen LogP contribution in [0.5, 0.6) is 0 Å². The van der Waals surface area contributed by atoms with Crippen LogP contribution in [0, 0.1) is 12.3 Å². The molecule has 4 rings (SSSR count). The van der Waals surface area contributed by atoms with Crippen molar-refractivity contribution in [2.75, 3.05) is 13.1 Å². The van der Waals surface area contributed by atoms with E-state index in [1.165, 1.54) is 0 Å². The fourth-order valence-electron chi connectivity index (χ4n) is 6.24. The molecule has 0 spiro atoms. The number of allylic oxidation sites excluding steroid dienone is 5. The number of rotatable bonds is 14. The highest BCUT2D eigenvalue weighted by Crippen LogP contribution is 2.63. The van der Waals surface area contributed by atoms with Crippen LogP contribution < -0.4 is 11.5 Å². The van der Waals surface area contributed by atoms with E-state index in [4.69, 9.17) is 0 Å². The number of hydrogen-bond donors (Lipinski definition) is 2. The van der Waals surface area contributed by atoms with Crippen molar-refractivity contribution in [3.63, 3.8) is 0 Å². The van der Waals surface area contributed by atoms with Gasteiger partial charge in [-0.25, -0.2) is 16.8 Å². The fourth-order valence-corrected chi connectivity index (χ4v) is 10.2. The maximum atomic E-state index is 14.1. The van der Waals surface area contributed by atoms with Crippen molar-refractivity contribution in [3.05, 3.63) is 73.4 Å². The van der Waals surface area contributed by atoms with E-state index in [1.807, 2.05) is 37.3 Å². The molecular weight excluding hydrogens is 516 g/mol. The second kappa shape index (κ2) is 11.6. The topological polar surface area (TPSA) is 124 Å². The summed E-state index contributed by atoms with van der Waals surface area (Å²) in [6.07, 6.45) is 14.6. The van der Waals surface area contributed by atoms with Gasteiger partial charge in [0.2, 0.25) is 19.7 Å². The van der Waals surface area contributed by atoms with Crippen molar-refractivity contribution in [1.29, 1.82) is 0 Å². The lowest BCUT2D eigenvalue weighted by Gasteiger charge is -2.34. The lowest BCUT2D eigenvalue weighted by atomic mass is 9.69. The zero-order chi connectivity index (χ0) is 27.6. The van der Waals surface area contributed by atoms with Crippen molar-refractivity contribution in [2.45, 2.75) is 84.5 Å². The Morgan fingerprint density at radius 2 is 1.11 bits per heavy atom. The van der Waals surface area contributed by atoms with Crippen molar-refractivity contribution < 1.29 is 28.3 Å². The summed E-state index contributed by atoms with van der Waals surface area (Å²) < 4.78 is 55.3. The summed E-state index contributed by atoms with van der Waals surface area (Å²) in [6, 6.07) is 7.46. The first-order chi connectivity index (χ1) is 18.1. The molecule has 0 radical (unpaired) electrons. The molecule has 0 bridgehead atoms. The summed E-state index contributed by atoms with van der Waals surface area (Å²) in [5, 5.41) is 0. The van der Waals surface area contributed by atoms with E-state index in [2.05, 4.69) is 11.5 Å². The van der Waals surface area contributed by atoms with Crippen LogP contribution in [0.2, 0.25) is 0 Å². The van der Waals surface area contributed by atoms with Crippen molar-refractivity contribution in [2.24, 2.45) is 5.41 Å². The van der Waals surface area contributed by atoms with E-state index in [0.717, 1.165) is 94.9 Å². The highest BCUT2D eigenvalue weighted by Gasteiger charge is 2.57. The standard InChI is InChI=1S/C30H42N2O4S2/c1-22-12-14-24(15-13-22)27-21-26-29(38(27,35)36)28-25(20-23(2)37(28,33)34)30(26,17-9-5-7-11-19-32)16-8-4-3-6-10-18-31/h12-15,20-21H,3-11,16-19,31-32H2,1-2H3/p+2. The second-order valence-corrected chi connectivity index (χ2v) is 15.0. The average Bonchev–Trinajstić information content (AvgIpc) is 3.40.